The molecular weight excluding hydrogens is 260 g/mol. The second-order valence-corrected chi connectivity index (χ2v) is 4.67. The number of phenolic OH excluding ortho intramolecular Hbond substituents is 1. The van der Waals surface area contributed by atoms with Crippen molar-refractivity contribution < 1.29 is 13.9 Å². The molecule has 0 radical (unpaired) electrons. The van der Waals surface area contributed by atoms with Gasteiger partial charge in [-0.1, -0.05) is 19.1 Å². The molecule has 0 aliphatic heterocycles. The summed E-state index contributed by atoms with van der Waals surface area (Å²) in [4.78, 5) is 0. The van der Waals surface area contributed by atoms with E-state index in [1.54, 1.807) is 12.1 Å². The second-order valence-electron chi connectivity index (χ2n) is 4.67. The maximum absolute atomic E-state index is 13.5. The van der Waals surface area contributed by atoms with E-state index < -0.39 is 11.6 Å². The van der Waals surface area contributed by atoms with Crippen LogP contribution < -0.4 is 5.32 Å². The van der Waals surface area contributed by atoms with Crippen LogP contribution in [0.4, 0.5) is 8.78 Å². The Hall–Kier alpha value is -1.94. The molecule has 0 aromatic heterocycles. The van der Waals surface area contributed by atoms with Crippen LogP contribution in [0.15, 0.2) is 42.5 Å². The van der Waals surface area contributed by atoms with Crippen molar-refractivity contribution in [1.82, 2.24) is 5.32 Å². The van der Waals surface area contributed by atoms with Crippen molar-refractivity contribution >= 4 is 0 Å². The Bertz CT molecular complexity index is 569. The number of halogens is 2. The molecule has 0 saturated carbocycles. The fraction of sp³-hybridized carbons (Fsp3) is 0.250. The summed E-state index contributed by atoms with van der Waals surface area (Å²) in [6, 6.07) is 10.3. The highest BCUT2D eigenvalue weighted by Gasteiger charge is 2.10. The maximum atomic E-state index is 13.5. The van der Waals surface area contributed by atoms with Crippen LogP contribution in [0.2, 0.25) is 0 Å². The molecule has 0 bridgehead atoms. The molecule has 0 aliphatic rings. The van der Waals surface area contributed by atoms with Crippen LogP contribution in [0.5, 0.6) is 5.75 Å². The number of benzene rings is 2. The minimum Gasteiger partial charge on any atom is -0.508 e. The van der Waals surface area contributed by atoms with E-state index in [4.69, 9.17) is 0 Å². The van der Waals surface area contributed by atoms with E-state index in [9.17, 15) is 13.9 Å². The van der Waals surface area contributed by atoms with Gasteiger partial charge < -0.3 is 10.4 Å². The van der Waals surface area contributed by atoms with Crippen LogP contribution in [-0.4, -0.2) is 5.11 Å². The van der Waals surface area contributed by atoms with E-state index in [0.29, 0.717) is 5.56 Å². The number of phenols is 1. The van der Waals surface area contributed by atoms with Gasteiger partial charge in [-0.25, -0.2) is 8.78 Å². The summed E-state index contributed by atoms with van der Waals surface area (Å²) >= 11 is 0. The van der Waals surface area contributed by atoms with Gasteiger partial charge in [-0.05, 0) is 42.3 Å². The van der Waals surface area contributed by atoms with Gasteiger partial charge in [0.25, 0.3) is 0 Å². The number of aromatic hydroxyl groups is 1. The molecule has 0 amide bonds. The van der Waals surface area contributed by atoms with Crippen molar-refractivity contribution in [3.8, 4) is 5.75 Å². The van der Waals surface area contributed by atoms with Crippen molar-refractivity contribution in [3.05, 3.63) is 65.2 Å². The molecule has 1 unspecified atom stereocenters. The first-order valence-corrected chi connectivity index (χ1v) is 6.56. The Morgan fingerprint density at radius 3 is 2.45 bits per heavy atom. The quantitative estimate of drug-likeness (QED) is 0.868. The smallest absolute Gasteiger partial charge is 0.127 e. The number of rotatable bonds is 5. The van der Waals surface area contributed by atoms with Gasteiger partial charge in [0.2, 0.25) is 0 Å². The molecule has 2 aromatic carbocycles. The molecule has 20 heavy (non-hydrogen) atoms. The molecule has 0 saturated heterocycles. The zero-order valence-corrected chi connectivity index (χ0v) is 11.2. The van der Waals surface area contributed by atoms with E-state index in [0.717, 1.165) is 24.1 Å². The van der Waals surface area contributed by atoms with Crippen LogP contribution in [0.25, 0.3) is 0 Å². The van der Waals surface area contributed by atoms with Gasteiger partial charge in [-0.15, -0.1) is 0 Å². The first-order chi connectivity index (χ1) is 9.60. The molecule has 2 N–H and O–H groups in total. The summed E-state index contributed by atoms with van der Waals surface area (Å²) in [6.07, 6.45) is 0.807. The Balaban J connectivity index is 2.07. The van der Waals surface area contributed by atoms with Crippen molar-refractivity contribution in [1.29, 1.82) is 0 Å². The van der Waals surface area contributed by atoms with Crippen LogP contribution in [0, 0.1) is 11.6 Å². The minimum absolute atomic E-state index is 0.0262. The summed E-state index contributed by atoms with van der Waals surface area (Å²) < 4.78 is 26.6. The number of hydrogen-bond donors (Lipinski definition) is 2. The highest BCUT2D eigenvalue weighted by atomic mass is 19.1. The first-order valence-electron chi connectivity index (χ1n) is 6.56. The summed E-state index contributed by atoms with van der Waals surface area (Å²) in [5, 5.41) is 12.5. The predicted molar refractivity (Wildman–Crippen MR) is 74.3 cm³/mol. The van der Waals surface area contributed by atoms with Crippen LogP contribution in [0.1, 0.15) is 30.5 Å². The predicted octanol–water partition coefficient (Wildman–Crippen LogP) is 3.91. The van der Waals surface area contributed by atoms with Crippen molar-refractivity contribution in [2.75, 3.05) is 0 Å². The Kier molecular flexibility index (Phi) is 4.69. The molecule has 0 heterocycles. The molecule has 1 atom stereocenters. The average molecular weight is 277 g/mol. The van der Waals surface area contributed by atoms with Gasteiger partial charge in [0.1, 0.15) is 17.4 Å². The molecule has 106 valence electrons. The summed E-state index contributed by atoms with van der Waals surface area (Å²) in [5.74, 6) is -0.653. The van der Waals surface area contributed by atoms with E-state index in [1.807, 2.05) is 19.1 Å². The third-order valence-electron chi connectivity index (χ3n) is 3.25. The lowest BCUT2D eigenvalue weighted by Gasteiger charge is -2.18. The van der Waals surface area contributed by atoms with Crippen molar-refractivity contribution in [2.45, 2.75) is 25.9 Å². The lowest BCUT2D eigenvalue weighted by Crippen LogP contribution is -2.20. The normalized spacial score (nSPS) is 12.3. The third-order valence-corrected chi connectivity index (χ3v) is 3.25. The minimum atomic E-state index is -0.444. The number of nitrogens with one attached hydrogen (secondary N) is 1. The van der Waals surface area contributed by atoms with Crippen LogP contribution in [0.3, 0.4) is 0 Å². The fourth-order valence-electron chi connectivity index (χ4n) is 2.12. The van der Waals surface area contributed by atoms with E-state index in [1.165, 1.54) is 6.07 Å². The van der Waals surface area contributed by atoms with Gasteiger partial charge >= 0.3 is 0 Å². The van der Waals surface area contributed by atoms with E-state index in [-0.39, 0.29) is 18.3 Å². The lowest BCUT2D eigenvalue weighted by atomic mass is 10.0. The highest BCUT2D eigenvalue weighted by molar-refractivity contribution is 5.28. The summed E-state index contributed by atoms with van der Waals surface area (Å²) in [6.45, 7) is 2.26. The topological polar surface area (TPSA) is 32.3 Å². The largest absolute Gasteiger partial charge is 0.508 e. The average Bonchev–Trinajstić information content (AvgIpc) is 2.45. The molecular formula is C16H17F2NO. The molecule has 2 rings (SSSR count). The fourth-order valence-corrected chi connectivity index (χ4v) is 2.12. The van der Waals surface area contributed by atoms with Gasteiger partial charge in [0, 0.05) is 18.2 Å². The van der Waals surface area contributed by atoms with Gasteiger partial charge in [0.15, 0.2) is 0 Å². The Labute approximate surface area is 117 Å². The van der Waals surface area contributed by atoms with Crippen molar-refractivity contribution in [2.24, 2.45) is 0 Å². The van der Waals surface area contributed by atoms with Crippen molar-refractivity contribution in [3.63, 3.8) is 0 Å². The number of hydrogen-bond acceptors (Lipinski definition) is 2. The standard InChI is InChI=1S/C16H17F2NO/c1-2-16(11-3-6-14(20)7-4-11)19-10-12-9-13(17)5-8-15(12)18/h3-9,16,19-20H,2,10H2,1H3. The van der Waals surface area contributed by atoms with Gasteiger partial charge in [-0.3, -0.25) is 0 Å². The highest BCUT2D eigenvalue weighted by Crippen LogP contribution is 2.20. The molecule has 0 fully saturated rings. The van der Waals surface area contributed by atoms with Crippen LogP contribution >= 0.6 is 0 Å². The molecule has 2 aromatic rings. The summed E-state index contributed by atoms with van der Waals surface area (Å²) in [7, 11) is 0. The molecule has 2 nitrogen and oxygen atoms in total. The van der Waals surface area contributed by atoms with E-state index >= 15 is 0 Å². The third kappa shape index (κ3) is 3.54. The van der Waals surface area contributed by atoms with Gasteiger partial charge in [-0.2, -0.15) is 0 Å². The lowest BCUT2D eigenvalue weighted by molar-refractivity contribution is 0.472. The first kappa shape index (κ1) is 14.5. The summed E-state index contributed by atoms with van der Waals surface area (Å²) in [5.41, 5.74) is 1.31. The molecule has 4 heteroatoms. The SMILES string of the molecule is CCC(NCc1cc(F)ccc1F)c1ccc(O)cc1. The van der Waals surface area contributed by atoms with E-state index in [2.05, 4.69) is 5.32 Å². The Morgan fingerprint density at radius 1 is 1.10 bits per heavy atom. The van der Waals surface area contributed by atoms with Gasteiger partial charge in [0.05, 0.1) is 0 Å². The Morgan fingerprint density at radius 2 is 1.80 bits per heavy atom. The maximum Gasteiger partial charge on any atom is 0.127 e. The zero-order chi connectivity index (χ0) is 14.5. The molecule has 0 spiro atoms. The monoisotopic (exact) mass is 277 g/mol. The molecule has 0 aliphatic carbocycles. The van der Waals surface area contributed by atoms with Crippen LogP contribution in [-0.2, 0) is 6.54 Å². The zero-order valence-electron chi connectivity index (χ0n) is 11.2. The second kappa shape index (κ2) is 6.48.